The lowest BCUT2D eigenvalue weighted by Gasteiger charge is -2.35. The quantitative estimate of drug-likeness (QED) is 0.277. The molecule has 0 N–H and O–H groups in total. The highest BCUT2D eigenvalue weighted by molar-refractivity contribution is 6.09. The summed E-state index contributed by atoms with van der Waals surface area (Å²) in [5, 5.41) is 3.67. The van der Waals surface area contributed by atoms with Gasteiger partial charge in [0, 0.05) is 21.7 Å². The summed E-state index contributed by atoms with van der Waals surface area (Å²) in [6.07, 6.45) is 5.04. The van der Waals surface area contributed by atoms with Gasteiger partial charge in [0.25, 0.3) is 0 Å². The van der Waals surface area contributed by atoms with Crippen LogP contribution >= 0.6 is 0 Å². The van der Waals surface area contributed by atoms with Gasteiger partial charge in [-0.05, 0) is 91.8 Å². The van der Waals surface area contributed by atoms with Gasteiger partial charge in [-0.2, -0.15) is 0 Å². The van der Waals surface area contributed by atoms with E-state index in [1.807, 2.05) is 6.07 Å². The molecule has 0 radical (unpaired) electrons. The summed E-state index contributed by atoms with van der Waals surface area (Å²) in [6, 6.07) is 21.7. The van der Waals surface area contributed by atoms with Crippen LogP contribution in [0.4, 0.5) is 0 Å². The van der Waals surface area contributed by atoms with E-state index in [0.29, 0.717) is 11.3 Å². The first-order chi connectivity index (χ1) is 15.9. The molecule has 1 aliphatic rings. The van der Waals surface area contributed by atoms with Gasteiger partial charge in [-0.1, -0.05) is 50.2 Å². The first-order valence-electron chi connectivity index (χ1n) is 12.2. The second-order valence-electron chi connectivity index (χ2n) is 10.8. The Kier molecular flexibility index (Phi) is 4.62. The fourth-order valence-electron chi connectivity index (χ4n) is 5.91. The standard InChI is InChI=1S/C31H31NO/c1-19-16-20(2)29-25(21-12-14-31(3,4)15-13-21)18-26(32-27(29)17-19)24-10-7-9-23-22-8-5-6-11-28(22)33-30(23)24/h5-11,16-18,21H,12-15H2,1-4H3. The second-order valence-corrected chi connectivity index (χ2v) is 10.8. The Morgan fingerprint density at radius 2 is 1.64 bits per heavy atom. The maximum atomic E-state index is 6.37. The molecule has 0 aliphatic heterocycles. The third-order valence-electron chi connectivity index (χ3n) is 7.74. The fraction of sp³-hybridized carbons (Fsp3) is 0.323. The van der Waals surface area contributed by atoms with Crippen LogP contribution in [0.2, 0.25) is 0 Å². The number of aromatic nitrogens is 1. The molecule has 2 aromatic heterocycles. The highest BCUT2D eigenvalue weighted by Gasteiger charge is 2.29. The molecular formula is C31H31NO. The largest absolute Gasteiger partial charge is 0.455 e. The third-order valence-corrected chi connectivity index (χ3v) is 7.74. The summed E-state index contributed by atoms with van der Waals surface area (Å²) < 4.78 is 6.37. The Morgan fingerprint density at radius 1 is 0.879 bits per heavy atom. The molecule has 33 heavy (non-hydrogen) atoms. The van der Waals surface area contributed by atoms with Gasteiger partial charge in [0.1, 0.15) is 11.2 Å². The number of rotatable bonds is 2. The molecule has 0 atom stereocenters. The van der Waals surface area contributed by atoms with Gasteiger partial charge in [-0.15, -0.1) is 0 Å². The SMILES string of the molecule is Cc1cc(C)c2c(C3CCC(C)(C)CC3)cc(-c3cccc4c3oc3ccccc34)nc2c1. The van der Waals surface area contributed by atoms with Crippen molar-refractivity contribution in [3.05, 3.63) is 77.4 Å². The molecule has 1 aliphatic carbocycles. The van der Waals surface area contributed by atoms with Crippen molar-refractivity contribution in [3.63, 3.8) is 0 Å². The zero-order chi connectivity index (χ0) is 22.7. The van der Waals surface area contributed by atoms with Crippen LogP contribution in [0.25, 0.3) is 44.1 Å². The first kappa shape index (κ1) is 20.5. The van der Waals surface area contributed by atoms with Crippen LogP contribution in [-0.2, 0) is 0 Å². The van der Waals surface area contributed by atoms with Crippen LogP contribution in [-0.4, -0.2) is 4.98 Å². The van der Waals surface area contributed by atoms with Crippen molar-refractivity contribution < 1.29 is 4.42 Å². The Balaban J connectivity index is 1.60. The minimum atomic E-state index is 0.452. The molecule has 0 spiro atoms. The molecule has 1 fully saturated rings. The first-order valence-corrected chi connectivity index (χ1v) is 12.2. The number of hydrogen-bond donors (Lipinski definition) is 0. The van der Waals surface area contributed by atoms with Gasteiger partial charge >= 0.3 is 0 Å². The molecule has 2 heteroatoms. The normalized spacial score (nSPS) is 16.7. The average molecular weight is 434 g/mol. The Labute approximate surface area is 195 Å². The highest BCUT2D eigenvalue weighted by atomic mass is 16.3. The maximum absolute atomic E-state index is 6.37. The summed E-state index contributed by atoms with van der Waals surface area (Å²) in [6.45, 7) is 9.24. The van der Waals surface area contributed by atoms with E-state index >= 15 is 0 Å². The van der Waals surface area contributed by atoms with E-state index in [2.05, 4.69) is 82.3 Å². The molecule has 3 aromatic carbocycles. The van der Waals surface area contributed by atoms with Crippen molar-refractivity contribution in [1.82, 2.24) is 4.98 Å². The van der Waals surface area contributed by atoms with Crippen LogP contribution in [0.5, 0.6) is 0 Å². The van der Waals surface area contributed by atoms with Gasteiger partial charge in [0.2, 0.25) is 0 Å². The predicted octanol–water partition coefficient (Wildman–Crippen LogP) is 9.10. The van der Waals surface area contributed by atoms with Gasteiger partial charge in [-0.3, -0.25) is 0 Å². The number of pyridine rings is 1. The maximum Gasteiger partial charge on any atom is 0.144 e. The van der Waals surface area contributed by atoms with E-state index in [9.17, 15) is 0 Å². The van der Waals surface area contributed by atoms with Gasteiger partial charge in [0.15, 0.2) is 0 Å². The molecule has 166 valence electrons. The number of benzene rings is 3. The molecule has 5 aromatic rings. The average Bonchev–Trinajstić information content (AvgIpc) is 3.17. The molecule has 2 heterocycles. The van der Waals surface area contributed by atoms with Crippen LogP contribution in [0.15, 0.2) is 65.1 Å². The Bertz CT molecular complexity index is 1510. The zero-order valence-electron chi connectivity index (χ0n) is 20.0. The van der Waals surface area contributed by atoms with E-state index < -0.39 is 0 Å². The van der Waals surface area contributed by atoms with Crippen molar-refractivity contribution in [3.8, 4) is 11.3 Å². The number of hydrogen-bond acceptors (Lipinski definition) is 2. The van der Waals surface area contributed by atoms with Crippen LogP contribution in [0.1, 0.15) is 62.1 Å². The second kappa shape index (κ2) is 7.45. The molecule has 2 nitrogen and oxygen atoms in total. The third kappa shape index (κ3) is 3.44. The van der Waals surface area contributed by atoms with Gasteiger partial charge in [-0.25, -0.2) is 4.98 Å². The Hall–Kier alpha value is -3.13. The summed E-state index contributed by atoms with van der Waals surface area (Å²) in [4.78, 5) is 5.21. The summed E-state index contributed by atoms with van der Waals surface area (Å²) in [7, 11) is 0. The minimum Gasteiger partial charge on any atom is -0.455 e. The number of furan rings is 1. The lowest BCUT2D eigenvalue weighted by atomic mass is 9.70. The number of para-hydroxylation sites is 2. The van der Waals surface area contributed by atoms with Crippen LogP contribution in [0, 0.1) is 19.3 Å². The van der Waals surface area contributed by atoms with E-state index in [1.165, 1.54) is 47.8 Å². The van der Waals surface area contributed by atoms with Crippen molar-refractivity contribution in [2.45, 2.75) is 59.3 Å². The fourth-order valence-corrected chi connectivity index (χ4v) is 5.91. The summed E-state index contributed by atoms with van der Waals surface area (Å²) >= 11 is 0. The van der Waals surface area contributed by atoms with E-state index in [0.717, 1.165) is 38.7 Å². The molecule has 6 rings (SSSR count). The van der Waals surface area contributed by atoms with E-state index in [4.69, 9.17) is 9.40 Å². The zero-order valence-corrected chi connectivity index (χ0v) is 20.0. The van der Waals surface area contributed by atoms with Crippen molar-refractivity contribution in [2.75, 3.05) is 0 Å². The summed E-state index contributed by atoms with van der Waals surface area (Å²) in [5.41, 5.74) is 9.61. The molecule has 1 saturated carbocycles. The lowest BCUT2D eigenvalue weighted by Crippen LogP contribution is -2.20. The number of nitrogens with zero attached hydrogens (tertiary/aromatic N) is 1. The van der Waals surface area contributed by atoms with Crippen molar-refractivity contribution in [2.24, 2.45) is 5.41 Å². The molecule has 0 unspecified atom stereocenters. The molecular weight excluding hydrogens is 402 g/mol. The number of aryl methyl sites for hydroxylation is 2. The van der Waals surface area contributed by atoms with Gasteiger partial charge < -0.3 is 4.42 Å². The molecule has 0 amide bonds. The molecule has 0 saturated heterocycles. The van der Waals surface area contributed by atoms with Crippen molar-refractivity contribution >= 4 is 32.8 Å². The highest BCUT2D eigenvalue weighted by Crippen LogP contribution is 2.45. The van der Waals surface area contributed by atoms with Crippen molar-refractivity contribution in [1.29, 1.82) is 0 Å². The monoisotopic (exact) mass is 433 g/mol. The van der Waals surface area contributed by atoms with Gasteiger partial charge in [0.05, 0.1) is 11.2 Å². The minimum absolute atomic E-state index is 0.452. The topological polar surface area (TPSA) is 26.0 Å². The van der Waals surface area contributed by atoms with Crippen LogP contribution in [0.3, 0.4) is 0 Å². The predicted molar refractivity (Wildman–Crippen MR) is 139 cm³/mol. The molecule has 0 bridgehead atoms. The van der Waals surface area contributed by atoms with E-state index in [-0.39, 0.29) is 0 Å². The smallest absolute Gasteiger partial charge is 0.144 e. The van der Waals surface area contributed by atoms with E-state index in [1.54, 1.807) is 0 Å². The van der Waals surface area contributed by atoms with Crippen LogP contribution < -0.4 is 0 Å². The number of fused-ring (bicyclic) bond motifs is 4. The Morgan fingerprint density at radius 3 is 2.45 bits per heavy atom. The summed E-state index contributed by atoms with van der Waals surface area (Å²) in [5.74, 6) is 0.582. The lowest BCUT2D eigenvalue weighted by molar-refractivity contribution is 0.225.